The zero-order valence-corrected chi connectivity index (χ0v) is 9.11. The van der Waals surface area contributed by atoms with Crippen LogP contribution in [0.1, 0.15) is 5.56 Å². The lowest BCUT2D eigenvalue weighted by molar-refractivity contribution is 0.194. The molecule has 2 rings (SSSR count). The molecule has 0 bridgehead atoms. The molecular formula is C13H12FNO2. The fourth-order valence-corrected chi connectivity index (χ4v) is 1.75. The highest BCUT2D eigenvalue weighted by molar-refractivity contribution is 5.83. The number of carbonyl (C=O) groups is 1. The maximum absolute atomic E-state index is 13.5. The van der Waals surface area contributed by atoms with Gasteiger partial charge in [-0.3, -0.25) is 0 Å². The summed E-state index contributed by atoms with van der Waals surface area (Å²) in [5.74, 6) is -0.254. The smallest absolute Gasteiger partial charge is 0.404 e. The summed E-state index contributed by atoms with van der Waals surface area (Å²) in [5, 5.41) is 12.1. The van der Waals surface area contributed by atoms with Gasteiger partial charge in [0.05, 0.1) is 0 Å². The van der Waals surface area contributed by atoms with Crippen LogP contribution < -0.4 is 5.32 Å². The Kier molecular flexibility index (Phi) is 3.23. The predicted molar refractivity (Wildman–Crippen MR) is 63.6 cm³/mol. The van der Waals surface area contributed by atoms with Crippen LogP contribution in [-0.2, 0) is 6.42 Å². The average molecular weight is 233 g/mol. The molecule has 0 heterocycles. The van der Waals surface area contributed by atoms with Gasteiger partial charge in [0.2, 0.25) is 0 Å². The summed E-state index contributed by atoms with van der Waals surface area (Å²) in [5.41, 5.74) is 0.913. The lowest BCUT2D eigenvalue weighted by Gasteiger charge is -2.04. The molecule has 2 aromatic rings. The van der Waals surface area contributed by atoms with Crippen molar-refractivity contribution in [1.82, 2.24) is 5.32 Å². The summed E-state index contributed by atoms with van der Waals surface area (Å²) in [6.45, 7) is 0.329. The first-order chi connectivity index (χ1) is 8.16. The Balaban J connectivity index is 2.19. The average Bonchev–Trinajstić information content (AvgIpc) is 2.30. The van der Waals surface area contributed by atoms with Crippen molar-refractivity contribution in [3.63, 3.8) is 0 Å². The molecule has 17 heavy (non-hydrogen) atoms. The largest absolute Gasteiger partial charge is 0.465 e. The minimum absolute atomic E-state index is 0.254. The van der Waals surface area contributed by atoms with Crippen molar-refractivity contribution in [2.24, 2.45) is 0 Å². The zero-order chi connectivity index (χ0) is 12.3. The molecule has 0 aromatic heterocycles. The summed E-state index contributed by atoms with van der Waals surface area (Å²) in [6.07, 6.45) is -0.492. The van der Waals surface area contributed by atoms with Gasteiger partial charge < -0.3 is 10.4 Å². The minimum Gasteiger partial charge on any atom is -0.465 e. The molecule has 0 aliphatic carbocycles. The number of nitrogens with one attached hydrogen (secondary N) is 1. The van der Waals surface area contributed by atoms with Crippen LogP contribution in [0.2, 0.25) is 0 Å². The molecule has 0 aliphatic heterocycles. The number of carboxylic acid groups (broad SMARTS) is 1. The van der Waals surface area contributed by atoms with Crippen molar-refractivity contribution in [3.05, 3.63) is 47.8 Å². The van der Waals surface area contributed by atoms with Crippen molar-refractivity contribution in [1.29, 1.82) is 0 Å². The van der Waals surface area contributed by atoms with E-state index in [0.29, 0.717) is 18.4 Å². The van der Waals surface area contributed by atoms with E-state index in [1.165, 1.54) is 6.07 Å². The highest BCUT2D eigenvalue weighted by Crippen LogP contribution is 2.19. The topological polar surface area (TPSA) is 49.3 Å². The maximum atomic E-state index is 13.5. The van der Waals surface area contributed by atoms with Gasteiger partial charge in [-0.1, -0.05) is 24.3 Å². The Morgan fingerprint density at radius 2 is 2.12 bits per heavy atom. The number of fused-ring (bicyclic) bond motifs is 1. The first kappa shape index (κ1) is 11.4. The molecule has 3 nitrogen and oxygen atoms in total. The van der Waals surface area contributed by atoms with E-state index in [-0.39, 0.29) is 5.82 Å². The third-order valence-electron chi connectivity index (χ3n) is 2.58. The molecule has 0 radical (unpaired) electrons. The van der Waals surface area contributed by atoms with Gasteiger partial charge in [-0.15, -0.1) is 0 Å². The van der Waals surface area contributed by atoms with E-state index in [2.05, 4.69) is 5.32 Å². The van der Waals surface area contributed by atoms with Gasteiger partial charge in [0, 0.05) is 11.9 Å². The Morgan fingerprint density at radius 1 is 1.29 bits per heavy atom. The van der Waals surface area contributed by atoms with E-state index in [4.69, 9.17) is 5.11 Å². The normalized spacial score (nSPS) is 10.4. The van der Waals surface area contributed by atoms with Gasteiger partial charge in [-0.05, 0) is 29.5 Å². The molecule has 0 aliphatic rings. The first-order valence-electron chi connectivity index (χ1n) is 5.31. The van der Waals surface area contributed by atoms with Crippen molar-refractivity contribution >= 4 is 16.9 Å². The number of benzene rings is 2. The predicted octanol–water partition coefficient (Wildman–Crippen LogP) is 2.79. The second kappa shape index (κ2) is 4.82. The van der Waals surface area contributed by atoms with Gasteiger partial charge in [-0.25, -0.2) is 9.18 Å². The number of hydrogen-bond donors (Lipinski definition) is 2. The highest BCUT2D eigenvalue weighted by Gasteiger charge is 2.02. The Hall–Kier alpha value is -2.10. The van der Waals surface area contributed by atoms with Gasteiger partial charge in [0.1, 0.15) is 5.82 Å². The fourth-order valence-electron chi connectivity index (χ4n) is 1.75. The van der Waals surface area contributed by atoms with Crippen molar-refractivity contribution in [2.75, 3.05) is 6.54 Å². The molecule has 0 spiro atoms. The molecule has 1 amide bonds. The fraction of sp³-hybridized carbons (Fsp3) is 0.154. The van der Waals surface area contributed by atoms with Crippen LogP contribution in [0.15, 0.2) is 36.4 Å². The first-order valence-corrected chi connectivity index (χ1v) is 5.31. The van der Waals surface area contributed by atoms with E-state index in [1.807, 2.05) is 18.2 Å². The summed E-state index contributed by atoms with van der Waals surface area (Å²) in [4.78, 5) is 10.3. The second-order valence-corrected chi connectivity index (χ2v) is 3.78. The standard InChI is InChI=1S/C13H12FNO2/c14-12-3-1-2-10-5-4-9(8-11(10)12)6-7-15-13(16)17/h1-5,8,15H,6-7H2,(H,16,17). The molecule has 0 fully saturated rings. The van der Waals surface area contributed by atoms with Crippen LogP contribution in [0.4, 0.5) is 9.18 Å². The molecule has 0 unspecified atom stereocenters. The summed E-state index contributed by atoms with van der Waals surface area (Å²) < 4.78 is 13.5. The molecule has 0 saturated heterocycles. The molecule has 88 valence electrons. The third kappa shape index (κ3) is 2.72. The van der Waals surface area contributed by atoms with Crippen LogP contribution in [0.25, 0.3) is 10.8 Å². The van der Waals surface area contributed by atoms with E-state index < -0.39 is 6.09 Å². The number of amides is 1. The highest BCUT2D eigenvalue weighted by atomic mass is 19.1. The van der Waals surface area contributed by atoms with Gasteiger partial charge >= 0.3 is 6.09 Å². The van der Waals surface area contributed by atoms with Crippen LogP contribution in [0.5, 0.6) is 0 Å². The van der Waals surface area contributed by atoms with Crippen LogP contribution in [0, 0.1) is 5.82 Å². The summed E-state index contributed by atoms with van der Waals surface area (Å²) in [6, 6.07) is 10.4. The Labute approximate surface area is 97.9 Å². The Bertz CT molecular complexity index is 554. The lowest BCUT2D eigenvalue weighted by Crippen LogP contribution is -2.23. The van der Waals surface area contributed by atoms with Crippen molar-refractivity contribution in [3.8, 4) is 0 Å². The molecule has 2 N–H and O–H groups in total. The second-order valence-electron chi connectivity index (χ2n) is 3.78. The van der Waals surface area contributed by atoms with Crippen LogP contribution >= 0.6 is 0 Å². The van der Waals surface area contributed by atoms with Gasteiger partial charge in [0.25, 0.3) is 0 Å². The minimum atomic E-state index is -1.04. The van der Waals surface area contributed by atoms with Crippen molar-refractivity contribution in [2.45, 2.75) is 6.42 Å². The number of halogens is 1. The molecule has 4 heteroatoms. The van der Waals surface area contributed by atoms with E-state index in [1.54, 1.807) is 12.1 Å². The van der Waals surface area contributed by atoms with Gasteiger partial charge in [0.15, 0.2) is 0 Å². The third-order valence-corrected chi connectivity index (χ3v) is 2.58. The number of hydrogen-bond acceptors (Lipinski definition) is 1. The summed E-state index contributed by atoms with van der Waals surface area (Å²) in [7, 11) is 0. The van der Waals surface area contributed by atoms with Crippen LogP contribution in [-0.4, -0.2) is 17.7 Å². The number of rotatable bonds is 3. The summed E-state index contributed by atoms with van der Waals surface area (Å²) >= 11 is 0. The zero-order valence-electron chi connectivity index (χ0n) is 9.11. The van der Waals surface area contributed by atoms with Crippen molar-refractivity contribution < 1.29 is 14.3 Å². The SMILES string of the molecule is O=C(O)NCCc1ccc2cccc(F)c2c1. The van der Waals surface area contributed by atoms with Gasteiger partial charge in [-0.2, -0.15) is 0 Å². The van der Waals surface area contributed by atoms with E-state index in [9.17, 15) is 9.18 Å². The van der Waals surface area contributed by atoms with E-state index >= 15 is 0 Å². The molecule has 0 atom stereocenters. The monoisotopic (exact) mass is 233 g/mol. The van der Waals surface area contributed by atoms with E-state index in [0.717, 1.165) is 10.9 Å². The maximum Gasteiger partial charge on any atom is 0.404 e. The Morgan fingerprint density at radius 3 is 2.88 bits per heavy atom. The van der Waals surface area contributed by atoms with Crippen LogP contribution in [0.3, 0.4) is 0 Å². The molecule has 2 aromatic carbocycles. The quantitative estimate of drug-likeness (QED) is 0.856. The lowest BCUT2D eigenvalue weighted by atomic mass is 10.0. The molecule has 0 saturated carbocycles. The molecular weight excluding hydrogens is 221 g/mol.